The van der Waals surface area contributed by atoms with Gasteiger partial charge in [-0.15, -0.1) is 0 Å². The second kappa shape index (κ2) is 9.97. The summed E-state index contributed by atoms with van der Waals surface area (Å²) in [5.41, 5.74) is 0. The fourth-order valence-electron chi connectivity index (χ4n) is 1.59. The molecule has 0 aromatic heterocycles. The van der Waals surface area contributed by atoms with Crippen LogP contribution in [0.25, 0.3) is 0 Å². The maximum Gasteiger partial charge on any atom is 0.0540 e. The van der Waals surface area contributed by atoms with Crippen LogP contribution in [-0.4, -0.2) is 17.2 Å². The van der Waals surface area contributed by atoms with Gasteiger partial charge in [-0.25, -0.2) is 0 Å². The smallest absolute Gasteiger partial charge is 0.0540 e. The molecule has 0 aliphatic heterocycles. The van der Waals surface area contributed by atoms with Gasteiger partial charge in [0.1, 0.15) is 0 Å². The van der Waals surface area contributed by atoms with Crippen molar-refractivity contribution in [2.45, 2.75) is 70.8 Å². The first-order valence-corrected chi connectivity index (χ1v) is 6.04. The normalized spacial score (nSPS) is 12.7. The maximum absolute atomic E-state index is 10.1. The monoisotopic (exact) mass is 215 g/mol. The zero-order valence-corrected chi connectivity index (χ0v) is 9.71. The molecule has 15 heavy (non-hydrogen) atoms. The van der Waals surface area contributed by atoms with Gasteiger partial charge in [-0.2, -0.15) is 0 Å². The van der Waals surface area contributed by atoms with Crippen LogP contribution in [-0.2, 0) is 4.79 Å². The van der Waals surface area contributed by atoms with Crippen LogP contribution < -0.4 is 5.11 Å². The molecule has 0 rings (SSSR count). The number of hydrogen-bond acceptors (Lipinski definition) is 3. The largest absolute Gasteiger partial charge is 0.550 e. The molecule has 3 heteroatoms. The first kappa shape index (κ1) is 14.4. The number of rotatable bonds is 10. The van der Waals surface area contributed by atoms with Crippen LogP contribution in [0.2, 0.25) is 0 Å². The SMILES string of the molecule is CCCCC(O)CCCCCCC(=O)[O-]. The van der Waals surface area contributed by atoms with E-state index in [1.807, 2.05) is 0 Å². The van der Waals surface area contributed by atoms with E-state index < -0.39 is 5.97 Å². The molecule has 0 aliphatic rings. The third-order valence-corrected chi connectivity index (χ3v) is 2.56. The molecule has 0 aromatic carbocycles. The Balaban J connectivity index is 3.12. The Morgan fingerprint density at radius 1 is 1.13 bits per heavy atom. The van der Waals surface area contributed by atoms with Crippen molar-refractivity contribution < 1.29 is 15.0 Å². The molecule has 0 bridgehead atoms. The van der Waals surface area contributed by atoms with Crippen LogP contribution in [0, 0.1) is 0 Å². The first-order chi connectivity index (χ1) is 7.16. The Bertz CT molecular complexity index is 157. The van der Waals surface area contributed by atoms with E-state index in [0.717, 1.165) is 44.9 Å². The summed E-state index contributed by atoms with van der Waals surface area (Å²) in [4.78, 5) is 10.1. The van der Waals surface area contributed by atoms with Crippen molar-refractivity contribution in [3.63, 3.8) is 0 Å². The van der Waals surface area contributed by atoms with Crippen molar-refractivity contribution in [1.29, 1.82) is 0 Å². The standard InChI is InChI=1S/C12H24O3/c1-2-3-8-11(13)9-6-4-5-7-10-12(14)15/h11,13H,2-10H2,1H3,(H,14,15)/p-1. The van der Waals surface area contributed by atoms with Crippen LogP contribution >= 0.6 is 0 Å². The highest BCUT2D eigenvalue weighted by atomic mass is 16.4. The quantitative estimate of drug-likeness (QED) is 0.563. The average Bonchev–Trinajstić information content (AvgIpc) is 2.19. The topological polar surface area (TPSA) is 60.4 Å². The summed E-state index contributed by atoms with van der Waals surface area (Å²) in [6.45, 7) is 2.12. The molecule has 90 valence electrons. The molecule has 1 N–H and O–H groups in total. The van der Waals surface area contributed by atoms with Crippen LogP contribution in [0.15, 0.2) is 0 Å². The molecular formula is C12H23O3-. The lowest BCUT2D eigenvalue weighted by Gasteiger charge is -2.09. The molecular weight excluding hydrogens is 192 g/mol. The minimum atomic E-state index is -0.960. The average molecular weight is 215 g/mol. The number of carboxylic acid groups (broad SMARTS) is 1. The highest BCUT2D eigenvalue weighted by molar-refractivity contribution is 5.63. The molecule has 0 saturated carbocycles. The predicted octanol–water partition coefficient (Wildman–Crippen LogP) is 1.63. The summed E-state index contributed by atoms with van der Waals surface area (Å²) in [5.74, 6) is -0.960. The molecule has 0 radical (unpaired) electrons. The van der Waals surface area contributed by atoms with Crippen LogP contribution in [0.3, 0.4) is 0 Å². The zero-order valence-electron chi connectivity index (χ0n) is 9.71. The van der Waals surface area contributed by atoms with Gasteiger partial charge in [0, 0.05) is 5.97 Å². The second-order valence-electron chi connectivity index (χ2n) is 4.12. The third-order valence-electron chi connectivity index (χ3n) is 2.56. The van der Waals surface area contributed by atoms with Crippen LogP contribution in [0.1, 0.15) is 64.7 Å². The van der Waals surface area contributed by atoms with E-state index in [0.29, 0.717) is 6.42 Å². The van der Waals surface area contributed by atoms with Gasteiger partial charge in [-0.1, -0.05) is 39.0 Å². The third kappa shape index (κ3) is 11.4. The zero-order chi connectivity index (χ0) is 11.5. The van der Waals surface area contributed by atoms with Gasteiger partial charge in [0.25, 0.3) is 0 Å². The Morgan fingerprint density at radius 2 is 1.73 bits per heavy atom. The maximum atomic E-state index is 10.1. The van der Waals surface area contributed by atoms with Gasteiger partial charge in [0.2, 0.25) is 0 Å². The molecule has 1 unspecified atom stereocenters. The van der Waals surface area contributed by atoms with Gasteiger partial charge >= 0.3 is 0 Å². The summed E-state index contributed by atoms with van der Waals surface area (Å²) in [7, 11) is 0. The van der Waals surface area contributed by atoms with Gasteiger partial charge in [0.05, 0.1) is 6.10 Å². The number of carboxylic acids is 1. The number of aliphatic hydroxyl groups is 1. The summed E-state index contributed by atoms with van der Waals surface area (Å²) in [6, 6.07) is 0. The molecule has 0 saturated heterocycles. The minimum Gasteiger partial charge on any atom is -0.550 e. The van der Waals surface area contributed by atoms with Crippen LogP contribution in [0.4, 0.5) is 0 Å². The number of hydrogen-bond donors (Lipinski definition) is 1. The Labute approximate surface area is 92.5 Å². The van der Waals surface area contributed by atoms with E-state index in [4.69, 9.17) is 0 Å². The Kier molecular flexibility index (Phi) is 9.59. The molecule has 1 atom stereocenters. The fraction of sp³-hybridized carbons (Fsp3) is 0.917. The molecule has 0 spiro atoms. The lowest BCUT2D eigenvalue weighted by atomic mass is 10.0. The van der Waals surface area contributed by atoms with E-state index in [1.165, 1.54) is 0 Å². The van der Waals surface area contributed by atoms with Crippen LogP contribution in [0.5, 0.6) is 0 Å². The Hall–Kier alpha value is -0.570. The van der Waals surface area contributed by atoms with Gasteiger partial charge in [-0.05, 0) is 25.7 Å². The molecule has 0 aromatic rings. The first-order valence-electron chi connectivity index (χ1n) is 6.04. The summed E-state index contributed by atoms with van der Waals surface area (Å²) in [6.07, 6.45) is 7.61. The van der Waals surface area contributed by atoms with Crippen molar-refractivity contribution >= 4 is 5.97 Å². The van der Waals surface area contributed by atoms with E-state index in [-0.39, 0.29) is 12.5 Å². The van der Waals surface area contributed by atoms with E-state index in [2.05, 4.69) is 6.92 Å². The lowest BCUT2D eigenvalue weighted by Crippen LogP contribution is -2.21. The molecule has 0 fully saturated rings. The summed E-state index contributed by atoms with van der Waals surface area (Å²) >= 11 is 0. The van der Waals surface area contributed by atoms with E-state index in [1.54, 1.807) is 0 Å². The Morgan fingerprint density at radius 3 is 2.33 bits per heavy atom. The van der Waals surface area contributed by atoms with Crippen molar-refractivity contribution in [3.05, 3.63) is 0 Å². The summed E-state index contributed by atoms with van der Waals surface area (Å²) < 4.78 is 0. The van der Waals surface area contributed by atoms with E-state index in [9.17, 15) is 15.0 Å². The molecule has 0 aliphatic carbocycles. The second-order valence-corrected chi connectivity index (χ2v) is 4.12. The van der Waals surface area contributed by atoms with Crippen molar-refractivity contribution in [2.24, 2.45) is 0 Å². The number of carbonyl (C=O) groups is 1. The van der Waals surface area contributed by atoms with Crippen molar-refractivity contribution in [1.82, 2.24) is 0 Å². The number of carbonyl (C=O) groups excluding carboxylic acids is 1. The van der Waals surface area contributed by atoms with E-state index >= 15 is 0 Å². The molecule has 3 nitrogen and oxygen atoms in total. The fourth-order valence-corrected chi connectivity index (χ4v) is 1.59. The highest BCUT2D eigenvalue weighted by Crippen LogP contribution is 2.11. The highest BCUT2D eigenvalue weighted by Gasteiger charge is 2.02. The van der Waals surface area contributed by atoms with Crippen molar-refractivity contribution in [2.75, 3.05) is 0 Å². The number of aliphatic hydroxyl groups excluding tert-OH is 1. The molecule has 0 heterocycles. The van der Waals surface area contributed by atoms with Crippen molar-refractivity contribution in [3.8, 4) is 0 Å². The number of aliphatic carboxylic acids is 1. The van der Waals surface area contributed by atoms with Gasteiger partial charge in [0.15, 0.2) is 0 Å². The predicted molar refractivity (Wildman–Crippen MR) is 58.2 cm³/mol. The van der Waals surface area contributed by atoms with Gasteiger partial charge in [-0.3, -0.25) is 0 Å². The summed E-state index contributed by atoms with van der Waals surface area (Å²) in [5, 5.41) is 19.6. The number of unbranched alkanes of at least 4 members (excludes halogenated alkanes) is 4. The van der Waals surface area contributed by atoms with Gasteiger partial charge < -0.3 is 15.0 Å². The minimum absolute atomic E-state index is 0.161. The lowest BCUT2D eigenvalue weighted by molar-refractivity contribution is -0.305. The molecule has 0 amide bonds.